The van der Waals surface area contributed by atoms with Crippen LogP contribution in [0.3, 0.4) is 0 Å². The molecule has 2 heterocycles. The number of carbonyl (C=O) groups excluding carboxylic acids is 5. The van der Waals surface area contributed by atoms with E-state index in [9.17, 15) is 24.0 Å². The van der Waals surface area contributed by atoms with E-state index in [0.717, 1.165) is 49.4 Å². The molecule has 2 fully saturated rings. The third-order valence-corrected chi connectivity index (χ3v) is 8.36. The predicted molar refractivity (Wildman–Crippen MR) is 161 cm³/mol. The topological polar surface area (TPSA) is 138 Å². The predicted octanol–water partition coefficient (Wildman–Crippen LogP) is 3.13. The van der Waals surface area contributed by atoms with Crippen LogP contribution < -0.4 is 21.3 Å². The Morgan fingerprint density at radius 2 is 1.67 bits per heavy atom. The third kappa shape index (κ3) is 7.98. The van der Waals surface area contributed by atoms with Gasteiger partial charge < -0.3 is 25.8 Å². The van der Waals surface area contributed by atoms with Crippen LogP contribution in [-0.4, -0.2) is 58.1 Å². The van der Waals surface area contributed by atoms with Gasteiger partial charge in [-0.2, -0.15) is 0 Å². The van der Waals surface area contributed by atoms with Gasteiger partial charge in [0.15, 0.2) is 0 Å². The van der Waals surface area contributed by atoms with E-state index in [4.69, 9.17) is 0 Å². The van der Waals surface area contributed by atoms with Gasteiger partial charge in [-0.15, -0.1) is 0 Å². The number of benzene rings is 1. The van der Waals surface area contributed by atoms with Crippen molar-refractivity contribution in [3.63, 3.8) is 0 Å². The molecular formula is C32H45N5O5. The lowest BCUT2D eigenvalue weighted by molar-refractivity contribution is -0.142. The molecule has 42 heavy (non-hydrogen) atoms. The molecule has 10 heteroatoms. The minimum absolute atomic E-state index is 0.0151. The lowest BCUT2D eigenvalue weighted by Gasteiger charge is -2.30. The van der Waals surface area contributed by atoms with Crippen molar-refractivity contribution in [3.8, 4) is 0 Å². The van der Waals surface area contributed by atoms with E-state index in [1.807, 2.05) is 31.3 Å². The minimum Gasteiger partial charge on any atom is -0.356 e. The Morgan fingerprint density at radius 1 is 0.952 bits per heavy atom. The van der Waals surface area contributed by atoms with Crippen LogP contribution >= 0.6 is 0 Å². The summed E-state index contributed by atoms with van der Waals surface area (Å²) in [5.41, 5.74) is 0.672. The maximum atomic E-state index is 13.9. The molecule has 1 aromatic carbocycles. The minimum atomic E-state index is -1.20. The maximum Gasteiger partial charge on any atom is 0.290 e. The molecule has 0 bridgehead atoms. The first-order valence-corrected chi connectivity index (χ1v) is 15.2. The summed E-state index contributed by atoms with van der Waals surface area (Å²) < 4.78 is 1.80. The van der Waals surface area contributed by atoms with Crippen LogP contribution in [0, 0.1) is 11.8 Å². The fraction of sp³-hybridized carbons (Fsp3) is 0.594. The Bertz CT molecular complexity index is 1320. The van der Waals surface area contributed by atoms with Gasteiger partial charge in [0, 0.05) is 36.0 Å². The Balaban J connectivity index is 1.57. The fourth-order valence-electron chi connectivity index (χ4n) is 6.14. The number of Topliss-reactive ketones (excluding diaryl/α,β-unsaturated/α-hetero) is 1. The zero-order valence-corrected chi connectivity index (χ0v) is 25.3. The highest BCUT2D eigenvalue weighted by atomic mass is 16.2. The Morgan fingerprint density at radius 3 is 2.33 bits per heavy atom. The zero-order chi connectivity index (χ0) is 30.4. The molecule has 4 N–H and O–H groups in total. The van der Waals surface area contributed by atoms with Crippen molar-refractivity contribution in [1.82, 2.24) is 25.8 Å². The van der Waals surface area contributed by atoms with Crippen molar-refractivity contribution in [1.29, 1.82) is 0 Å². The molecule has 1 saturated heterocycles. The first-order chi connectivity index (χ1) is 19.9. The van der Waals surface area contributed by atoms with E-state index in [1.54, 1.807) is 31.4 Å². The molecule has 1 aromatic heterocycles. The molecule has 1 unspecified atom stereocenters. The van der Waals surface area contributed by atoms with E-state index < -0.39 is 41.1 Å². The number of aryl methyl sites for hydroxylation is 1. The van der Waals surface area contributed by atoms with E-state index >= 15 is 0 Å². The van der Waals surface area contributed by atoms with Crippen LogP contribution in [0.25, 0.3) is 10.9 Å². The average Bonchev–Trinajstić information content (AvgIpc) is 3.29. The number of fused-ring (bicyclic) bond motifs is 1. The van der Waals surface area contributed by atoms with Gasteiger partial charge in [0.1, 0.15) is 11.7 Å². The van der Waals surface area contributed by atoms with Gasteiger partial charge in [-0.1, -0.05) is 50.3 Å². The number of carbonyl (C=O) groups is 5. The molecule has 0 spiro atoms. The zero-order valence-electron chi connectivity index (χ0n) is 25.3. The van der Waals surface area contributed by atoms with Crippen LogP contribution in [0.15, 0.2) is 30.3 Å². The molecule has 1 saturated carbocycles. The van der Waals surface area contributed by atoms with Gasteiger partial charge in [0.25, 0.3) is 11.8 Å². The van der Waals surface area contributed by atoms with Crippen molar-refractivity contribution >= 4 is 40.3 Å². The second-order valence-corrected chi connectivity index (χ2v) is 12.9. The summed E-state index contributed by atoms with van der Waals surface area (Å²) in [5, 5.41) is 12.1. The number of hydrogen-bond donors (Lipinski definition) is 4. The quantitative estimate of drug-likeness (QED) is 0.321. The molecule has 2 aromatic rings. The molecule has 0 radical (unpaired) electrons. The van der Waals surface area contributed by atoms with Crippen LogP contribution in [0.5, 0.6) is 0 Å². The van der Waals surface area contributed by atoms with Gasteiger partial charge in [-0.3, -0.25) is 24.0 Å². The van der Waals surface area contributed by atoms with Gasteiger partial charge >= 0.3 is 0 Å². The summed E-state index contributed by atoms with van der Waals surface area (Å²) in [6, 6.07) is 7.37. The number of amides is 4. The molecule has 3 atom stereocenters. The number of aromatic nitrogens is 1. The largest absolute Gasteiger partial charge is 0.356 e. The van der Waals surface area contributed by atoms with Crippen molar-refractivity contribution in [2.75, 3.05) is 6.54 Å². The number of hydrogen-bond acceptors (Lipinski definition) is 5. The van der Waals surface area contributed by atoms with Crippen molar-refractivity contribution in [2.45, 2.75) is 96.2 Å². The standard InChI is InChI=1S/C32H45N5O5/c1-32(2,3)36-31(42)27(38)23(18-22-14-10-16-33-28(22)39)34-29(40)24(17-20-11-6-5-7-12-20)35-30(41)26-19-21-13-8-9-15-25(21)37(26)4/h8-9,13,15,19-20,22-24H,5-7,10-12,14,16-18H2,1-4H3,(H,33,39)(H,34,40)(H,35,41)(H,36,42)/t22-,23?,24-/m0/s1. The number of ketones is 1. The van der Waals surface area contributed by atoms with Crippen molar-refractivity contribution in [3.05, 3.63) is 36.0 Å². The SMILES string of the molecule is Cn1c(C(=O)N[C@@H](CC2CCCCC2)C(=O)NC(C[C@@H]2CCCNC2=O)C(=O)C(=O)NC(C)(C)C)cc2ccccc21. The van der Waals surface area contributed by atoms with Crippen LogP contribution in [0.1, 0.15) is 89.0 Å². The summed E-state index contributed by atoms with van der Waals surface area (Å²) in [7, 11) is 1.81. The first kappa shape index (κ1) is 31.3. The average molecular weight is 580 g/mol. The highest BCUT2D eigenvalue weighted by Crippen LogP contribution is 2.28. The molecule has 228 valence electrons. The lowest BCUT2D eigenvalue weighted by atomic mass is 9.84. The number of para-hydroxylation sites is 1. The van der Waals surface area contributed by atoms with E-state index in [1.165, 1.54) is 0 Å². The molecule has 4 rings (SSSR count). The molecule has 1 aliphatic heterocycles. The maximum absolute atomic E-state index is 13.9. The number of rotatable bonds is 10. The van der Waals surface area contributed by atoms with Crippen LogP contribution in [0.4, 0.5) is 0 Å². The number of piperidine rings is 1. The van der Waals surface area contributed by atoms with Gasteiger partial charge in [-0.25, -0.2) is 0 Å². The Hall–Kier alpha value is -3.69. The second kappa shape index (κ2) is 13.5. The molecule has 2 aliphatic rings. The van der Waals surface area contributed by atoms with Gasteiger partial charge in [-0.05, 0) is 64.5 Å². The van der Waals surface area contributed by atoms with E-state index in [0.29, 0.717) is 25.1 Å². The third-order valence-electron chi connectivity index (χ3n) is 8.36. The fourth-order valence-corrected chi connectivity index (χ4v) is 6.14. The molecular weight excluding hydrogens is 534 g/mol. The monoisotopic (exact) mass is 579 g/mol. The highest BCUT2D eigenvalue weighted by molar-refractivity contribution is 6.38. The van der Waals surface area contributed by atoms with Gasteiger partial charge in [0.2, 0.25) is 17.6 Å². The van der Waals surface area contributed by atoms with Crippen molar-refractivity contribution < 1.29 is 24.0 Å². The summed E-state index contributed by atoms with van der Waals surface area (Å²) in [6.07, 6.45) is 6.99. The summed E-state index contributed by atoms with van der Waals surface area (Å²) in [5.74, 6) is -2.95. The second-order valence-electron chi connectivity index (χ2n) is 12.9. The first-order valence-electron chi connectivity index (χ1n) is 15.2. The van der Waals surface area contributed by atoms with E-state index in [2.05, 4.69) is 21.3 Å². The van der Waals surface area contributed by atoms with E-state index in [-0.39, 0.29) is 24.2 Å². The Labute approximate surface area is 247 Å². The molecule has 4 amide bonds. The summed E-state index contributed by atoms with van der Waals surface area (Å²) in [4.78, 5) is 66.2. The van der Waals surface area contributed by atoms with Crippen LogP contribution in [-0.2, 0) is 26.2 Å². The summed E-state index contributed by atoms with van der Waals surface area (Å²) >= 11 is 0. The lowest BCUT2D eigenvalue weighted by Crippen LogP contribution is -2.57. The van der Waals surface area contributed by atoms with Crippen molar-refractivity contribution in [2.24, 2.45) is 18.9 Å². The number of nitrogens with one attached hydrogen (secondary N) is 4. The summed E-state index contributed by atoms with van der Waals surface area (Å²) in [6.45, 7) is 5.86. The number of nitrogens with zero attached hydrogens (tertiary/aromatic N) is 1. The highest BCUT2D eigenvalue weighted by Gasteiger charge is 2.36. The van der Waals surface area contributed by atoms with Gasteiger partial charge in [0.05, 0.1) is 6.04 Å². The smallest absolute Gasteiger partial charge is 0.290 e. The molecule has 1 aliphatic carbocycles. The normalized spacial score (nSPS) is 19.4. The Kier molecular flexibility index (Phi) is 10.1. The molecule has 10 nitrogen and oxygen atoms in total. The van der Waals surface area contributed by atoms with Crippen LogP contribution in [0.2, 0.25) is 0 Å².